The van der Waals surface area contributed by atoms with Crippen LogP contribution in [0.5, 0.6) is 0 Å². The topological polar surface area (TPSA) is 23.5 Å². The minimum atomic E-state index is -0.252. The zero-order valence-corrected chi connectivity index (χ0v) is 8.63. The molecule has 0 fully saturated rings. The van der Waals surface area contributed by atoms with Gasteiger partial charge in [0.2, 0.25) is 0 Å². The summed E-state index contributed by atoms with van der Waals surface area (Å²) in [6.07, 6.45) is 0. The van der Waals surface area contributed by atoms with E-state index in [2.05, 4.69) is 9.24 Å². The highest BCUT2D eigenvalue weighted by Gasteiger charge is 2.29. The molecule has 0 aromatic heterocycles. The smallest absolute Gasteiger partial charge is 0.0546 e. The van der Waals surface area contributed by atoms with Gasteiger partial charge < -0.3 is 5.21 Å². The van der Waals surface area contributed by atoms with Crippen molar-refractivity contribution in [3.8, 4) is 0 Å². The van der Waals surface area contributed by atoms with Crippen LogP contribution in [0.2, 0.25) is 0 Å². The Labute approximate surface area is 65.8 Å². The van der Waals surface area contributed by atoms with Crippen LogP contribution in [0.15, 0.2) is 0 Å². The van der Waals surface area contributed by atoms with Gasteiger partial charge in [-0.3, -0.25) is 0 Å². The molecule has 0 saturated carbocycles. The Kier molecular flexibility index (Phi) is 2.86. The van der Waals surface area contributed by atoms with Crippen LogP contribution >= 0.6 is 9.24 Å². The summed E-state index contributed by atoms with van der Waals surface area (Å²) >= 11 is 0. The lowest BCUT2D eigenvalue weighted by Gasteiger charge is -2.39. The standard InChI is InChI=1S/C7H18NOP/c1-6(2,3)8(9)7(4,5)10/h9H,10H2,1-5H3. The van der Waals surface area contributed by atoms with E-state index in [0.717, 1.165) is 0 Å². The Morgan fingerprint density at radius 1 is 1.10 bits per heavy atom. The van der Waals surface area contributed by atoms with Crippen molar-refractivity contribution in [2.24, 2.45) is 0 Å². The van der Waals surface area contributed by atoms with E-state index in [1.807, 2.05) is 34.6 Å². The number of hydrogen-bond donors (Lipinski definition) is 1. The van der Waals surface area contributed by atoms with Gasteiger partial charge in [-0.15, -0.1) is 9.24 Å². The summed E-state index contributed by atoms with van der Waals surface area (Å²) in [6.45, 7) is 9.81. The Balaban J connectivity index is 4.23. The molecule has 0 aromatic carbocycles. The van der Waals surface area contributed by atoms with Gasteiger partial charge in [-0.2, -0.15) is 5.06 Å². The van der Waals surface area contributed by atoms with Gasteiger partial charge in [-0.1, -0.05) is 0 Å². The molecule has 0 amide bonds. The lowest BCUT2D eigenvalue weighted by atomic mass is 10.1. The molecule has 0 spiro atoms. The summed E-state index contributed by atoms with van der Waals surface area (Å²) < 4.78 is 0. The quantitative estimate of drug-likeness (QED) is 0.472. The third kappa shape index (κ3) is 2.96. The summed E-state index contributed by atoms with van der Waals surface area (Å²) in [5.74, 6) is 0. The van der Waals surface area contributed by atoms with E-state index in [9.17, 15) is 5.21 Å². The fourth-order valence-corrected chi connectivity index (χ4v) is 1.25. The molecule has 0 aromatic rings. The third-order valence-corrected chi connectivity index (χ3v) is 1.43. The van der Waals surface area contributed by atoms with Crippen molar-refractivity contribution in [1.82, 2.24) is 5.06 Å². The van der Waals surface area contributed by atoms with Crippen molar-refractivity contribution >= 4 is 9.24 Å². The molecule has 0 aliphatic heterocycles. The van der Waals surface area contributed by atoms with Crippen molar-refractivity contribution in [2.45, 2.75) is 45.4 Å². The molecule has 1 N–H and O–H groups in total. The molecule has 3 heteroatoms. The highest BCUT2D eigenvalue weighted by atomic mass is 31.0. The van der Waals surface area contributed by atoms with Crippen LogP contribution in [0.1, 0.15) is 34.6 Å². The maximum atomic E-state index is 9.53. The van der Waals surface area contributed by atoms with Gasteiger partial charge in [0.15, 0.2) is 0 Å². The second-order valence-corrected chi connectivity index (χ2v) is 5.55. The summed E-state index contributed by atoms with van der Waals surface area (Å²) in [5.41, 5.74) is -0.189. The predicted molar refractivity (Wildman–Crippen MR) is 47.2 cm³/mol. The van der Waals surface area contributed by atoms with Crippen LogP contribution in [0.25, 0.3) is 0 Å². The number of hydrogen-bond acceptors (Lipinski definition) is 2. The van der Waals surface area contributed by atoms with Crippen molar-refractivity contribution < 1.29 is 5.21 Å². The first-order valence-corrected chi connectivity index (χ1v) is 4.01. The average Bonchev–Trinajstić information content (AvgIpc) is 1.59. The SMILES string of the molecule is CC(C)(C)N(O)C(C)(C)P. The van der Waals surface area contributed by atoms with Crippen molar-refractivity contribution in [2.75, 3.05) is 0 Å². The molecule has 0 aliphatic rings. The average molecular weight is 163 g/mol. The van der Waals surface area contributed by atoms with Gasteiger partial charge in [0.25, 0.3) is 0 Å². The molecule has 0 bridgehead atoms. The van der Waals surface area contributed by atoms with E-state index >= 15 is 0 Å². The Bertz CT molecular complexity index is 97.8. The zero-order chi connectivity index (χ0) is 8.58. The summed E-state index contributed by atoms with van der Waals surface area (Å²) in [4.78, 5) is 0. The molecule has 0 aliphatic carbocycles. The number of hydroxylamine groups is 2. The van der Waals surface area contributed by atoms with Crippen LogP contribution in [-0.2, 0) is 0 Å². The fourth-order valence-electron chi connectivity index (χ4n) is 0.864. The summed E-state index contributed by atoms with van der Waals surface area (Å²) in [7, 11) is 2.59. The molecule has 0 radical (unpaired) electrons. The molecule has 1 atom stereocenters. The number of nitrogens with zero attached hydrogens (tertiary/aromatic N) is 1. The Morgan fingerprint density at radius 3 is 1.40 bits per heavy atom. The highest BCUT2D eigenvalue weighted by molar-refractivity contribution is 7.18. The Morgan fingerprint density at radius 2 is 1.40 bits per heavy atom. The van der Waals surface area contributed by atoms with Crippen LogP contribution < -0.4 is 0 Å². The predicted octanol–water partition coefficient (Wildman–Crippen LogP) is 2.09. The van der Waals surface area contributed by atoms with Crippen LogP contribution in [0.4, 0.5) is 0 Å². The van der Waals surface area contributed by atoms with Crippen molar-refractivity contribution in [1.29, 1.82) is 0 Å². The van der Waals surface area contributed by atoms with Crippen LogP contribution in [0.3, 0.4) is 0 Å². The molecule has 62 valence electrons. The molecular weight excluding hydrogens is 145 g/mol. The fraction of sp³-hybridized carbons (Fsp3) is 1.00. The van der Waals surface area contributed by atoms with Gasteiger partial charge >= 0.3 is 0 Å². The summed E-state index contributed by atoms with van der Waals surface area (Å²) in [5, 5.41) is 10.6. The highest BCUT2D eigenvalue weighted by Crippen LogP contribution is 2.27. The van der Waals surface area contributed by atoms with E-state index in [4.69, 9.17) is 0 Å². The van der Waals surface area contributed by atoms with Crippen LogP contribution in [0, 0.1) is 0 Å². The number of rotatable bonds is 1. The van der Waals surface area contributed by atoms with Gasteiger partial charge in [0.1, 0.15) is 0 Å². The second-order valence-electron chi connectivity index (χ2n) is 4.14. The van der Waals surface area contributed by atoms with E-state index in [-0.39, 0.29) is 10.8 Å². The van der Waals surface area contributed by atoms with Crippen molar-refractivity contribution in [3.63, 3.8) is 0 Å². The van der Waals surface area contributed by atoms with Gasteiger partial charge in [-0.25, -0.2) is 0 Å². The largest absolute Gasteiger partial charge is 0.313 e. The molecule has 0 heterocycles. The molecule has 10 heavy (non-hydrogen) atoms. The van der Waals surface area contributed by atoms with E-state index < -0.39 is 0 Å². The zero-order valence-electron chi connectivity index (χ0n) is 7.47. The first-order chi connectivity index (χ1) is 4.15. The first kappa shape index (κ1) is 10.3. The van der Waals surface area contributed by atoms with Gasteiger partial charge in [0, 0.05) is 5.54 Å². The minimum Gasteiger partial charge on any atom is -0.313 e. The monoisotopic (exact) mass is 163 g/mol. The van der Waals surface area contributed by atoms with Gasteiger partial charge in [-0.05, 0) is 34.6 Å². The molecule has 0 saturated heterocycles. The van der Waals surface area contributed by atoms with Gasteiger partial charge in [0.05, 0.1) is 5.28 Å². The summed E-state index contributed by atoms with van der Waals surface area (Å²) in [6, 6.07) is 0. The minimum absolute atomic E-state index is 0.189. The van der Waals surface area contributed by atoms with E-state index in [0.29, 0.717) is 0 Å². The maximum Gasteiger partial charge on any atom is 0.0546 e. The van der Waals surface area contributed by atoms with Crippen molar-refractivity contribution in [3.05, 3.63) is 0 Å². The molecular formula is C7H18NOP. The lowest BCUT2D eigenvalue weighted by molar-refractivity contribution is -0.190. The molecule has 0 rings (SSSR count). The second kappa shape index (κ2) is 2.77. The van der Waals surface area contributed by atoms with E-state index in [1.54, 1.807) is 0 Å². The third-order valence-electron chi connectivity index (χ3n) is 1.18. The molecule has 1 unspecified atom stereocenters. The molecule has 2 nitrogen and oxygen atoms in total. The maximum absolute atomic E-state index is 9.53. The normalized spacial score (nSPS) is 14.4. The Hall–Kier alpha value is 0.350. The van der Waals surface area contributed by atoms with Crippen LogP contribution in [-0.4, -0.2) is 21.1 Å². The lowest BCUT2D eigenvalue weighted by Crippen LogP contribution is -2.48. The van der Waals surface area contributed by atoms with E-state index in [1.165, 1.54) is 5.06 Å². The first-order valence-electron chi connectivity index (χ1n) is 3.44.